The number of rotatable bonds is 6. The van der Waals surface area contributed by atoms with Crippen LogP contribution >= 0.6 is 15.9 Å². The molecule has 0 radical (unpaired) electrons. The van der Waals surface area contributed by atoms with Crippen LogP contribution in [0.3, 0.4) is 0 Å². The number of hydrogen-bond acceptors (Lipinski definition) is 1. The maximum Gasteiger partial charge on any atom is 0.0502 e. The van der Waals surface area contributed by atoms with Gasteiger partial charge in [0.15, 0.2) is 0 Å². The fourth-order valence-corrected chi connectivity index (χ4v) is 2.30. The lowest BCUT2D eigenvalue weighted by atomic mass is 9.97. The molecule has 16 heavy (non-hydrogen) atoms. The van der Waals surface area contributed by atoms with Crippen molar-refractivity contribution < 1.29 is 4.74 Å². The molecule has 2 atom stereocenters. The molecule has 0 aliphatic carbocycles. The van der Waals surface area contributed by atoms with Gasteiger partial charge in [-0.2, -0.15) is 0 Å². The normalized spacial score (nSPS) is 14.8. The van der Waals surface area contributed by atoms with Crippen molar-refractivity contribution in [1.29, 1.82) is 0 Å². The van der Waals surface area contributed by atoms with Crippen molar-refractivity contribution >= 4 is 15.9 Å². The molecule has 0 aliphatic heterocycles. The lowest BCUT2D eigenvalue weighted by molar-refractivity contribution is 0.202. The highest BCUT2D eigenvalue weighted by Crippen LogP contribution is 2.32. The third kappa shape index (κ3) is 3.91. The molecule has 1 nitrogen and oxygen atoms in total. The molecule has 2 heteroatoms. The van der Waals surface area contributed by atoms with E-state index in [-0.39, 0.29) is 0 Å². The quantitative estimate of drug-likeness (QED) is 0.706. The Morgan fingerprint density at radius 2 is 1.88 bits per heavy atom. The van der Waals surface area contributed by atoms with Crippen molar-refractivity contribution in [2.45, 2.75) is 31.5 Å². The predicted molar refractivity (Wildman–Crippen MR) is 73.1 cm³/mol. The summed E-state index contributed by atoms with van der Waals surface area (Å²) < 4.78 is 5.07. The van der Waals surface area contributed by atoms with Gasteiger partial charge >= 0.3 is 0 Å². The standard InChI is InChI=1S/C14H21BrO/c1-4-11(2)14(15)13-7-5-12(6-8-13)9-10-16-3/h5-8,11,14H,4,9-10H2,1-3H3. The Kier molecular flexibility index (Phi) is 6.07. The van der Waals surface area contributed by atoms with E-state index in [1.807, 2.05) is 0 Å². The molecule has 0 bridgehead atoms. The zero-order valence-electron chi connectivity index (χ0n) is 10.4. The van der Waals surface area contributed by atoms with Crippen molar-refractivity contribution in [3.8, 4) is 0 Å². The van der Waals surface area contributed by atoms with E-state index in [0.717, 1.165) is 13.0 Å². The zero-order valence-corrected chi connectivity index (χ0v) is 12.0. The van der Waals surface area contributed by atoms with Crippen LogP contribution in [-0.4, -0.2) is 13.7 Å². The average Bonchev–Trinajstić information content (AvgIpc) is 2.35. The highest BCUT2D eigenvalue weighted by atomic mass is 79.9. The van der Waals surface area contributed by atoms with Crippen LogP contribution in [0.15, 0.2) is 24.3 Å². The van der Waals surface area contributed by atoms with E-state index in [2.05, 4.69) is 54.0 Å². The molecule has 0 heterocycles. The maximum atomic E-state index is 5.07. The second-order valence-corrected chi connectivity index (χ2v) is 5.26. The molecule has 1 aromatic rings. The Balaban J connectivity index is 2.63. The first-order valence-corrected chi connectivity index (χ1v) is 6.82. The first-order chi connectivity index (χ1) is 7.69. The Morgan fingerprint density at radius 3 is 2.38 bits per heavy atom. The van der Waals surface area contributed by atoms with Crippen molar-refractivity contribution in [2.24, 2.45) is 5.92 Å². The predicted octanol–water partition coefficient (Wildman–Crippen LogP) is 4.36. The van der Waals surface area contributed by atoms with Crippen molar-refractivity contribution in [3.05, 3.63) is 35.4 Å². The number of alkyl halides is 1. The molecule has 0 aromatic heterocycles. The molecule has 0 aliphatic rings. The Bertz CT molecular complexity index is 294. The van der Waals surface area contributed by atoms with Gasteiger partial charge in [-0.25, -0.2) is 0 Å². The van der Waals surface area contributed by atoms with E-state index >= 15 is 0 Å². The minimum absolute atomic E-state index is 0.467. The minimum Gasteiger partial charge on any atom is -0.384 e. The number of hydrogen-bond donors (Lipinski definition) is 0. The van der Waals surface area contributed by atoms with Crippen LogP contribution in [0.4, 0.5) is 0 Å². The smallest absolute Gasteiger partial charge is 0.0502 e. The molecule has 0 fully saturated rings. The Morgan fingerprint density at radius 1 is 1.25 bits per heavy atom. The number of benzene rings is 1. The van der Waals surface area contributed by atoms with E-state index in [1.54, 1.807) is 7.11 Å². The van der Waals surface area contributed by atoms with E-state index in [1.165, 1.54) is 17.5 Å². The average molecular weight is 285 g/mol. The molecular weight excluding hydrogens is 264 g/mol. The van der Waals surface area contributed by atoms with Gasteiger partial charge in [-0.1, -0.05) is 60.5 Å². The number of methoxy groups -OCH3 is 1. The summed E-state index contributed by atoms with van der Waals surface area (Å²) in [6, 6.07) is 8.84. The second-order valence-electron chi connectivity index (χ2n) is 4.27. The molecule has 0 amide bonds. The van der Waals surface area contributed by atoms with E-state index in [4.69, 9.17) is 4.74 Å². The molecule has 1 rings (SSSR count). The summed E-state index contributed by atoms with van der Waals surface area (Å²) in [5, 5.41) is 0. The topological polar surface area (TPSA) is 9.23 Å². The molecule has 2 unspecified atom stereocenters. The summed E-state index contributed by atoms with van der Waals surface area (Å²) in [5.74, 6) is 0.671. The molecule has 1 aromatic carbocycles. The summed E-state index contributed by atoms with van der Waals surface area (Å²) >= 11 is 3.76. The van der Waals surface area contributed by atoms with Gasteiger partial charge in [0.2, 0.25) is 0 Å². The van der Waals surface area contributed by atoms with Gasteiger partial charge in [0, 0.05) is 11.9 Å². The van der Waals surface area contributed by atoms with Crippen molar-refractivity contribution in [1.82, 2.24) is 0 Å². The van der Waals surface area contributed by atoms with Crippen molar-refractivity contribution in [3.63, 3.8) is 0 Å². The van der Waals surface area contributed by atoms with Gasteiger partial charge in [0.05, 0.1) is 6.61 Å². The van der Waals surface area contributed by atoms with Crippen LogP contribution in [0, 0.1) is 5.92 Å². The summed E-state index contributed by atoms with van der Waals surface area (Å²) in [5.41, 5.74) is 2.71. The molecule has 90 valence electrons. The largest absolute Gasteiger partial charge is 0.384 e. The molecular formula is C14H21BrO. The lowest BCUT2D eigenvalue weighted by Crippen LogP contribution is -2.02. The van der Waals surface area contributed by atoms with E-state index in [0.29, 0.717) is 10.7 Å². The molecule has 0 saturated carbocycles. The fraction of sp³-hybridized carbons (Fsp3) is 0.571. The van der Waals surface area contributed by atoms with E-state index in [9.17, 15) is 0 Å². The SMILES string of the molecule is CCC(C)C(Br)c1ccc(CCOC)cc1. The van der Waals surface area contributed by atoms with Crippen LogP contribution in [-0.2, 0) is 11.2 Å². The van der Waals surface area contributed by atoms with Gasteiger partial charge in [-0.15, -0.1) is 0 Å². The van der Waals surface area contributed by atoms with Crippen LogP contribution < -0.4 is 0 Å². The number of ether oxygens (including phenoxy) is 1. The fourth-order valence-electron chi connectivity index (χ4n) is 1.62. The Hall–Kier alpha value is -0.340. The van der Waals surface area contributed by atoms with Crippen LogP contribution in [0.1, 0.15) is 36.2 Å². The molecule has 0 N–H and O–H groups in total. The number of halogens is 1. The molecule has 0 saturated heterocycles. The maximum absolute atomic E-state index is 5.07. The minimum atomic E-state index is 0.467. The van der Waals surface area contributed by atoms with Gasteiger partial charge in [0.1, 0.15) is 0 Å². The monoisotopic (exact) mass is 284 g/mol. The summed E-state index contributed by atoms with van der Waals surface area (Å²) in [4.78, 5) is 0.467. The molecule has 0 spiro atoms. The first kappa shape index (κ1) is 13.7. The van der Waals surface area contributed by atoms with Crippen LogP contribution in [0.25, 0.3) is 0 Å². The third-order valence-electron chi connectivity index (χ3n) is 3.04. The summed E-state index contributed by atoms with van der Waals surface area (Å²) in [6.07, 6.45) is 2.19. The highest BCUT2D eigenvalue weighted by Gasteiger charge is 2.13. The van der Waals surface area contributed by atoms with E-state index < -0.39 is 0 Å². The van der Waals surface area contributed by atoms with Gasteiger partial charge in [0.25, 0.3) is 0 Å². The second kappa shape index (κ2) is 7.08. The van der Waals surface area contributed by atoms with Gasteiger partial charge < -0.3 is 4.74 Å². The highest BCUT2D eigenvalue weighted by molar-refractivity contribution is 9.09. The first-order valence-electron chi connectivity index (χ1n) is 5.90. The van der Waals surface area contributed by atoms with Gasteiger partial charge in [-0.3, -0.25) is 0 Å². The summed E-state index contributed by atoms with van der Waals surface area (Å²) in [7, 11) is 1.74. The lowest BCUT2D eigenvalue weighted by Gasteiger charge is -2.17. The Labute approximate surface area is 107 Å². The summed E-state index contributed by atoms with van der Waals surface area (Å²) in [6.45, 7) is 5.30. The zero-order chi connectivity index (χ0) is 12.0. The van der Waals surface area contributed by atoms with Crippen LogP contribution in [0.5, 0.6) is 0 Å². The van der Waals surface area contributed by atoms with Crippen molar-refractivity contribution in [2.75, 3.05) is 13.7 Å². The van der Waals surface area contributed by atoms with Gasteiger partial charge in [-0.05, 0) is 23.5 Å². The third-order valence-corrected chi connectivity index (χ3v) is 4.47. The van der Waals surface area contributed by atoms with Crippen LogP contribution in [0.2, 0.25) is 0 Å².